The third-order valence-electron chi connectivity index (χ3n) is 3.87. The zero-order chi connectivity index (χ0) is 17.1. The van der Waals surface area contributed by atoms with Gasteiger partial charge in [0.25, 0.3) is 5.89 Å². The van der Waals surface area contributed by atoms with Gasteiger partial charge in [0.05, 0.1) is 0 Å². The van der Waals surface area contributed by atoms with E-state index in [1.165, 1.54) is 0 Å². The van der Waals surface area contributed by atoms with Crippen molar-refractivity contribution in [2.75, 3.05) is 0 Å². The molecule has 0 radical (unpaired) electrons. The highest BCUT2D eigenvalue weighted by Crippen LogP contribution is 2.24. The van der Waals surface area contributed by atoms with Crippen molar-refractivity contribution in [3.05, 3.63) is 70.0 Å². The van der Waals surface area contributed by atoms with E-state index in [0.29, 0.717) is 16.8 Å². The molecule has 3 rings (SSSR count). The summed E-state index contributed by atoms with van der Waals surface area (Å²) in [6.07, 6.45) is 0. The van der Waals surface area contributed by atoms with Gasteiger partial charge in [0, 0.05) is 21.2 Å². The van der Waals surface area contributed by atoms with E-state index in [1.54, 1.807) is 6.07 Å². The molecule has 0 unspecified atom stereocenters. The molecule has 1 aromatic heterocycles. The predicted molar refractivity (Wildman–Crippen MR) is 95.0 cm³/mol. The number of aromatic nitrogens is 2. The maximum atomic E-state index is 6.26. The average Bonchev–Trinajstić information content (AvgIpc) is 3.05. The van der Waals surface area contributed by atoms with E-state index in [-0.39, 0.29) is 12.1 Å². The van der Waals surface area contributed by atoms with Gasteiger partial charge in [0.1, 0.15) is 6.04 Å². The molecule has 0 saturated carbocycles. The van der Waals surface area contributed by atoms with E-state index >= 15 is 0 Å². The van der Waals surface area contributed by atoms with Gasteiger partial charge in [0.15, 0.2) is 6.04 Å². The summed E-state index contributed by atoms with van der Waals surface area (Å²) in [5, 5.41) is 11.8. The Morgan fingerprint density at radius 3 is 2.50 bits per heavy atom. The molecule has 124 valence electrons. The Hall–Kier alpha value is -1.88. The van der Waals surface area contributed by atoms with Gasteiger partial charge in [-0.15, -0.1) is 10.2 Å². The molecule has 4 nitrogen and oxygen atoms in total. The molecule has 0 amide bonds. The maximum Gasteiger partial charge on any atom is 0.274 e. The lowest BCUT2D eigenvalue weighted by molar-refractivity contribution is -0.730. The zero-order valence-electron chi connectivity index (χ0n) is 13.4. The first-order valence-electron chi connectivity index (χ1n) is 7.73. The molecular formula is C18H18Cl2N3O+. The standard InChI is InChI=1S/C18H17Cl2N3O/c1-11(15-8-3-4-9-16(15)20)21-12(2)17-22-23-18(24-17)13-6-5-7-14(19)10-13/h3-12,21H,1-2H3/p+1/t11-,12-/m0/s1. The van der Waals surface area contributed by atoms with Crippen molar-refractivity contribution in [3.8, 4) is 11.5 Å². The van der Waals surface area contributed by atoms with E-state index in [4.69, 9.17) is 27.6 Å². The number of hydrogen-bond donors (Lipinski definition) is 1. The summed E-state index contributed by atoms with van der Waals surface area (Å²) in [5.41, 5.74) is 1.90. The van der Waals surface area contributed by atoms with Crippen LogP contribution in [0.1, 0.15) is 37.4 Å². The minimum Gasteiger partial charge on any atom is -0.415 e. The fourth-order valence-corrected chi connectivity index (χ4v) is 3.12. The molecule has 0 fully saturated rings. The fourth-order valence-electron chi connectivity index (χ4n) is 2.62. The summed E-state index contributed by atoms with van der Waals surface area (Å²) in [7, 11) is 0. The highest BCUT2D eigenvalue weighted by molar-refractivity contribution is 6.31. The first-order valence-corrected chi connectivity index (χ1v) is 8.49. The van der Waals surface area contributed by atoms with Crippen molar-refractivity contribution < 1.29 is 9.73 Å². The normalized spacial score (nSPS) is 13.7. The summed E-state index contributed by atoms with van der Waals surface area (Å²) in [6.45, 7) is 4.13. The first-order chi connectivity index (χ1) is 11.5. The lowest BCUT2D eigenvalue weighted by atomic mass is 10.1. The third-order valence-corrected chi connectivity index (χ3v) is 4.45. The topological polar surface area (TPSA) is 55.5 Å². The van der Waals surface area contributed by atoms with Crippen LogP contribution in [0.15, 0.2) is 52.9 Å². The molecule has 1 heterocycles. The number of quaternary nitrogens is 1. The highest BCUT2D eigenvalue weighted by Gasteiger charge is 2.22. The van der Waals surface area contributed by atoms with Crippen LogP contribution in [0.5, 0.6) is 0 Å². The average molecular weight is 363 g/mol. The number of hydrogen-bond acceptors (Lipinski definition) is 3. The Morgan fingerprint density at radius 2 is 1.75 bits per heavy atom. The molecule has 0 spiro atoms. The van der Waals surface area contributed by atoms with Crippen molar-refractivity contribution in [3.63, 3.8) is 0 Å². The van der Waals surface area contributed by atoms with Crippen LogP contribution in [-0.4, -0.2) is 10.2 Å². The summed E-state index contributed by atoms with van der Waals surface area (Å²) < 4.78 is 5.81. The van der Waals surface area contributed by atoms with Gasteiger partial charge in [0.2, 0.25) is 5.89 Å². The smallest absolute Gasteiger partial charge is 0.274 e. The number of rotatable bonds is 5. The minimum atomic E-state index is 0.0108. The van der Waals surface area contributed by atoms with Crippen molar-refractivity contribution in [2.45, 2.75) is 25.9 Å². The van der Waals surface area contributed by atoms with Crippen LogP contribution >= 0.6 is 23.2 Å². The Bertz CT molecular complexity index is 834. The molecule has 0 aliphatic carbocycles. The van der Waals surface area contributed by atoms with Gasteiger partial charge in [-0.25, -0.2) is 0 Å². The van der Waals surface area contributed by atoms with Crippen molar-refractivity contribution >= 4 is 23.2 Å². The largest absolute Gasteiger partial charge is 0.415 e. The van der Waals surface area contributed by atoms with E-state index < -0.39 is 0 Å². The maximum absolute atomic E-state index is 6.26. The predicted octanol–water partition coefficient (Wildman–Crippen LogP) is 4.43. The van der Waals surface area contributed by atoms with Crippen LogP contribution < -0.4 is 5.32 Å². The van der Waals surface area contributed by atoms with Crippen molar-refractivity contribution in [1.29, 1.82) is 0 Å². The fraction of sp³-hybridized carbons (Fsp3) is 0.222. The molecule has 3 aromatic rings. The van der Waals surface area contributed by atoms with Crippen LogP contribution in [0.3, 0.4) is 0 Å². The molecule has 2 aromatic carbocycles. The molecular weight excluding hydrogens is 345 g/mol. The summed E-state index contributed by atoms with van der Waals surface area (Å²) in [6, 6.07) is 15.4. The Balaban J connectivity index is 1.74. The van der Waals surface area contributed by atoms with Crippen LogP contribution in [0.2, 0.25) is 10.0 Å². The SMILES string of the molecule is C[C@H]([NH2+][C@@H](C)c1ccccc1Cl)c1nnc(-c2cccc(Cl)c2)o1. The van der Waals surface area contributed by atoms with Gasteiger partial charge < -0.3 is 9.73 Å². The molecule has 0 aliphatic rings. The van der Waals surface area contributed by atoms with Gasteiger partial charge in [-0.05, 0) is 38.1 Å². The Morgan fingerprint density at radius 1 is 0.958 bits per heavy atom. The van der Waals surface area contributed by atoms with E-state index in [2.05, 4.69) is 22.4 Å². The number of halogens is 2. The summed E-state index contributed by atoms with van der Waals surface area (Å²) >= 11 is 12.3. The lowest BCUT2D eigenvalue weighted by Crippen LogP contribution is -2.85. The third kappa shape index (κ3) is 3.78. The summed E-state index contributed by atoms with van der Waals surface area (Å²) in [4.78, 5) is 0. The number of benzene rings is 2. The molecule has 0 saturated heterocycles. The number of nitrogens with zero attached hydrogens (tertiary/aromatic N) is 2. The van der Waals surface area contributed by atoms with Gasteiger partial charge >= 0.3 is 0 Å². The quantitative estimate of drug-likeness (QED) is 0.730. The molecule has 2 atom stereocenters. The molecule has 0 aliphatic heterocycles. The van der Waals surface area contributed by atoms with E-state index in [0.717, 1.165) is 16.1 Å². The summed E-state index contributed by atoms with van der Waals surface area (Å²) in [5.74, 6) is 1.04. The monoisotopic (exact) mass is 362 g/mol. The Kier molecular flexibility index (Phi) is 5.19. The Labute approximate surface area is 150 Å². The second-order valence-corrected chi connectivity index (χ2v) is 6.59. The van der Waals surface area contributed by atoms with Crippen LogP contribution in [0.4, 0.5) is 0 Å². The van der Waals surface area contributed by atoms with E-state index in [1.807, 2.05) is 49.4 Å². The van der Waals surface area contributed by atoms with Gasteiger partial charge in [-0.2, -0.15) is 0 Å². The molecule has 6 heteroatoms. The van der Waals surface area contributed by atoms with Crippen molar-refractivity contribution in [1.82, 2.24) is 10.2 Å². The number of nitrogens with two attached hydrogens (primary N) is 1. The zero-order valence-corrected chi connectivity index (χ0v) is 14.9. The van der Waals surface area contributed by atoms with Crippen LogP contribution in [0, 0.1) is 0 Å². The van der Waals surface area contributed by atoms with Gasteiger partial charge in [-0.1, -0.05) is 47.5 Å². The molecule has 0 bridgehead atoms. The first kappa shape index (κ1) is 17.0. The highest BCUT2D eigenvalue weighted by atomic mass is 35.5. The second-order valence-electron chi connectivity index (χ2n) is 5.75. The van der Waals surface area contributed by atoms with E-state index in [9.17, 15) is 0 Å². The second kappa shape index (κ2) is 7.34. The minimum absolute atomic E-state index is 0.0108. The van der Waals surface area contributed by atoms with Gasteiger partial charge in [-0.3, -0.25) is 0 Å². The lowest BCUT2D eigenvalue weighted by Gasteiger charge is -2.15. The molecule has 24 heavy (non-hydrogen) atoms. The van der Waals surface area contributed by atoms with Crippen molar-refractivity contribution in [2.24, 2.45) is 0 Å². The van der Waals surface area contributed by atoms with Crippen LogP contribution in [0.25, 0.3) is 11.5 Å². The molecule has 2 N–H and O–H groups in total. The van der Waals surface area contributed by atoms with Crippen LogP contribution in [-0.2, 0) is 0 Å².